The lowest BCUT2D eigenvalue weighted by molar-refractivity contribution is -0.137. The molecule has 0 bridgehead atoms. The quantitative estimate of drug-likeness (QED) is 0.294. The number of rotatable bonds is 9. The SMILES string of the molecule is CCN(CCNS(=O)(=O)c1ccc(C(F)(F)F)cc1)C[C@H]1O[C@@H](n2cnc3c(N)ncnc32)[C@H](O)[C@@H]1O. The van der Waals surface area contributed by atoms with Crippen molar-refractivity contribution >= 4 is 27.0 Å². The van der Waals surface area contributed by atoms with Crippen molar-refractivity contribution < 1.29 is 36.5 Å². The molecule has 0 aliphatic carbocycles. The fourth-order valence-corrected chi connectivity index (χ4v) is 5.06. The van der Waals surface area contributed by atoms with E-state index in [1.54, 1.807) is 4.90 Å². The molecule has 2 aromatic heterocycles. The number of sulfonamides is 1. The van der Waals surface area contributed by atoms with E-state index in [0.29, 0.717) is 29.8 Å². The van der Waals surface area contributed by atoms with Crippen LogP contribution in [0.5, 0.6) is 0 Å². The zero-order valence-electron chi connectivity index (χ0n) is 19.6. The molecule has 1 aliphatic heterocycles. The van der Waals surface area contributed by atoms with E-state index in [4.69, 9.17) is 10.5 Å². The number of benzene rings is 1. The molecular weight excluding hydrogens is 519 g/mol. The number of halogens is 3. The maximum absolute atomic E-state index is 12.7. The highest BCUT2D eigenvalue weighted by Gasteiger charge is 2.44. The van der Waals surface area contributed by atoms with E-state index in [2.05, 4.69) is 19.7 Å². The zero-order chi connectivity index (χ0) is 27.0. The highest BCUT2D eigenvalue weighted by molar-refractivity contribution is 7.89. The van der Waals surface area contributed by atoms with Gasteiger partial charge in [0.25, 0.3) is 0 Å². The molecule has 3 heterocycles. The number of nitrogen functional groups attached to an aromatic ring is 1. The molecule has 5 N–H and O–H groups in total. The molecular formula is C21H26F3N7O5S. The van der Waals surface area contributed by atoms with Crippen LogP contribution >= 0.6 is 0 Å². The fraction of sp³-hybridized carbons (Fsp3) is 0.476. The van der Waals surface area contributed by atoms with Gasteiger partial charge in [-0.2, -0.15) is 13.2 Å². The number of nitrogens with one attached hydrogen (secondary N) is 1. The third-order valence-electron chi connectivity index (χ3n) is 6.10. The van der Waals surface area contributed by atoms with E-state index >= 15 is 0 Å². The number of imidazole rings is 1. The molecule has 1 aliphatic rings. The molecule has 4 atom stereocenters. The fourth-order valence-electron chi connectivity index (χ4n) is 4.04. The first-order valence-corrected chi connectivity index (χ1v) is 12.7. The van der Waals surface area contributed by atoms with Crippen LogP contribution in [0.15, 0.2) is 41.8 Å². The van der Waals surface area contributed by atoms with E-state index < -0.39 is 46.3 Å². The minimum atomic E-state index is -4.57. The van der Waals surface area contributed by atoms with Gasteiger partial charge in [0.05, 0.1) is 16.8 Å². The molecule has 12 nitrogen and oxygen atoms in total. The molecule has 1 fully saturated rings. The van der Waals surface area contributed by atoms with Gasteiger partial charge in [-0.05, 0) is 30.8 Å². The van der Waals surface area contributed by atoms with Crippen molar-refractivity contribution in [1.82, 2.24) is 29.1 Å². The third-order valence-corrected chi connectivity index (χ3v) is 7.57. The smallest absolute Gasteiger partial charge is 0.387 e. The minimum Gasteiger partial charge on any atom is -0.387 e. The average molecular weight is 546 g/mol. The number of anilines is 1. The zero-order valence-corrected chi connectivity index (χ0v) is 20.4. The van der Waals surface area contributed by atoms with Gasteiger partial charge in [-0.15, -0.1) is 0 Å². The highest BCUT2D eigenvalue weighted by Crippen LogP contribution is 2.32. The number of aliphatic hydroxyl groups excluding tert-OH is 2. The second-order valence-corrected chi connectivity index (χ2v) is 10.2. The second kappa shape index (κ2) is 10.5. The Kier molecular flexibility index (Phi) is 7.68. The second-order valence-electron chi connectivity index (χ2n) is 8.44. The van der Waals surface area contributed by atoms with E-state index in [0.717, 1.165) is 12.1 Å². The summed E-state index contributed by atoms with van der Waals surface area (Å²) in [7, 11) is -4.03. The van der Waals surface area contributed by atoms with Crippen molar-refractivity contribution in [1.29, 1.82) is 0 Å². The summed E-state index contributed by atoms with van der Waals surface area (Å²) in [5.41, 5.74) is 5.51. The van der Waals surface area contributed by atoms with Crippen LogP contribution in [-0.2, 0) is 20.9 Å². The molecule has 0 amide bonds. The molecule has 16 heteroatoms. The molecule has 0 saturated carbocycles. The molecule has 1 aromatic carbocycles. The van der Waals surface area contributed by atoms with E-state index in [1.165, 1.54) is 17.2 Å². The number of aromatic nitrogens is 4. The minimum absolute atomic E-state index is 0.0473. The van der Waals surface area contributed by atoms with Crippen molar-refractivity contribution in [3.8, 4) is 0 Å². The van der Waals surface area contributed by atoms with E-state index in [1.807, 2.05) is 6.92 Å². The van der Waals surface area contributed by atoms with Crippen LogP contribution in [-0.4, -0.2) is 87.5 Å². The number of hydrogen-bond acceptors (Lipinski definition) is 10. The normalized spacial score (nSPS) is 22.8. The number of likely N-dealkylation sites (N-methyl/N-ethyl adjacent to an activating group) is 1. The van der Waals surface area contributed by atoms with Gasteiger partial charge >= 0.3 is 6.18 Å². The van der Waals surface area contributed by atoms with E-state index in [9.17, 15) is 31.8 Å². The number of nitrogens with zero attached hydrogens (tertiary/aromatic N) is 5. The summed E-state index contributed by atoms with van der Waals surface area (Å²) < 4.78 is 72.8. The molecule has 0 radical (unpaired) electrons. The lowest BCUT2D eigenvalue weighted by Gasteiger charge is -2.25. The Morgan fingerprint density at radius 2 is 1.86 bits per heavy atom. The first-order valence-electron chi connectivity index (χ1n) is 11.3. The lowest BCUT2D eigenvalue weighted by Crippen LogP contribution is -2.42. The molecule has 4 rings (SSSR count). The van der Waals surface area contributed by atoms with Crippen LogP contribution in [0.3, 0.4) is 0 Å². The van der Waals surface area contributed by atoms with Crippen LogP contribution in [0.25, 0.3) is 11.2 Å². The van der Waals surface area contributed by atoms with Crippen LogP contribution < -0.4 is 10.5 Å². The van der Waals surface area contributed by atoms with Gasteiger partial charge < -0.3 is 20.7 Å². The monoisotopic (exact) mass is 545 g/mol. The van der Waals surface area contributed by atoms with Gasteiger partial charge in [0, 0.05) is 19.6 Å². The number of hydrogen-bond donors (Lipinski definition) is 4. The van der Waals surface area contributed by atoms with Gasteiger partial charge in [-0.25, -0.2) is 28.1 Å². The number of alkyl halides is 3. The van der Waals surface area contributed by atoms with Gasteiger partial charge in [0.15, 0.2) is 17.7 Å². The predicted molar refractivity (Wildman–Crippen MR) is 124 cm³/mol. The molecule has 0 unspecified atom stereocenters. The molecule has 37 heavy (non-hydrogen) atoms. The van der Waals surface area contributed by atoms with Crippen LogP contribution in [0, 0.1) is 0 Å². The number of fused-ring (bicyclic) bond motifs is 1. The lowest BCUT2D eigenvalue weighted by atomic mass is 10.1. The average Bonchev–Trinajstić information content (AvgIpc) is 3.40. The Balaban J connectivity index is 1.36. The molecule has 202 valence electrons. The summed E-state index contributed by atoms with van der Waals surface area (Å²) in [6.07, 6.45) is -6.29. The number of nitrogens with two attached hydrogens (primary N) is 1. The first-order chi connectivity index (χ1) is 17.4. The van der Waals surface area contributed by atoms with Crippen molar-refractivity contribution in [2.45, 2.75) is 42.5 Å². The Bertz CT molecular complexity index is 1340. The Hall–Kier alpha value is -2.89. The number of aliphatic hydroxyl groups is 2. The Morgan fingerprint density at radius 3 is 2.51 bits per heavy atom. The standard InChI is InChI=1S/C21H26F3N7O5S/c1-2-30(8-7-29-37(34,35)13-5-3-12(4-6-13)21(22,23)24)9-14-16(32)17(33)20(36-14)31-11-28-15-18(25)26-10-27-19(15)31/h3-6,10-11,14,16-17,20,29,32-33H,2,7-9H2,1H3,(H2,25,26,27)/t14-,16-,17-,20-/m1/s1. The van der Waals surface area contributed by atoms with Gasteiger partial charge in [-0.1, -0.05) is 6.92 Å². The van der Waals surface area contributed by atoms with Crippen LogP contribution in [0.4, 0.5) is 19.0 Å². The predicted octanol–water partition coefficient (Wildman–Crippen LogP) is 0.347. The van der Waals surface area contributed by atoms with Crippen molar-refractivity contribution in [3.05, 3.63) is 42.5 Å². The van der Waals surface area contributed by atoms with Crippen LogP contribution in [0.2, 0.25) is 0 Å². The largest absolute Gasteiger partial charge is 0.416 e. The van der Waals surface area contributed by atoms with Crippen LogP contribution in [0.1, 0.15) is 18.7 Å². The van der Waals surface area contributed by atoms with Gasteiger partial charge in [0.1, 0.15) is 30.2 Å². The first kappa shape index (κ1) is 27.2. The summed E-state index contributed by atoms with van der Waals surface area (Å²) in [5, 5.41) is 21.2. The van der Waals surface area contributed by atoms with Crippen molar-refractivity contribution in [3.63, 3.8) is 0 Å². The molecule has 3 aromatic rings. The number of ether oxygens (including phenoxy) is 1. The summed E-state index contributed by atoms with van der Waals surface area (Å²) in [6, 6.07) is 3.20. The third kappa shape index (κ3) is 5.68. The Morgan fingerprint density at radius 1 is 1.16 bits per heavy atom. The van der Waals surface area contributed by atoms with Gasteiger partial charge in [0.2, 0.25) is 10.0 Å². The maximum atomic E-state index is 12.7. The van der Waals surface area contributed by atoms with E-state index in [-0.39, 0.29) is 30.3 Å². The van der Waals surface area contributed by atoms with Crippen molar-refractivity contribution in [2.75, 3.05) is 31.9 Å². The van der Waals surface area contributed by atoms with Gasteiger partial charge in [-0.3, -0.25) is 9.47 Å². The Labute approximate surface area is 210 Å². The summed E-state index contributed by atoms with van der Waals surface area (Å²) >= 11 is 0. The molecule has 1 saturated heterocycles. The summed E-state index contributed by atoms with van der Waals surface area (Å²) in [4.78, 5) is 13.6. The van der Waals surface area contributed by atoms with Crippen molar-refractivity contribution in [2.24, 2.45) is 0 Å². The maximum Gasteiger partial charge on any atom is 0.416 e. The summed E-state index contributed by atoms with van der Waals surface area (Å²) in [5.74, 6) is 0.157. The summed E-state index contributed by atoms with van der Waals surface area (Å²) in [6.45, 7) is 2.61. The molecule has 0 spiro atoms. The topological polar surface area (TPSA) is 169 Å². The highest BCUT2D eigenvalue weighted by atomic mass is 32.2.